The summed E-state index contributed by atoms with van der Waals surface area (Å²) in [5.74, 6) is 2.60. The first kappa shape index (κ1) is 9.17. The standard InChI is InChI=1S/C13H13ClO2/c14-7-12-4-13(5-12,6-12)9-1-2-10-11(3-9)16-8-15-10/h1-3H,4-8H2. The van der Waals surface area contributed by atoms with Gasteiger partial charge in [0, 0.05) is 5.88 Å². The molecule has 1 aromatic carbocycles. The van der Waals surface area contributed by atoms with Gasteiger partial charge in [-0.15, -0.1) is 11.6 Å². The molecule has 0 N–H and O–H groups in total. The normalized spacial score (nSPS) is 37.8. The van der Waals surface area contributed by atoms with Gasteiger partial charge in [0.15, 0.2) is 11.5 Å². The lowest BCUT2D eigenvalue weighted by atomic mass is 9.34. The summed E-state index contributed by atoms with van der Waals surface area (Å²) < 4.78 is 10.8. The zero-order chi connectivity index (χ0) is 10.8. The quantitative estimate of drug-likeness (QED) is 0.735. The van der Waals surface area contributed by atoms with E-state index < -0.39 is 0 Å². The summed E-state index contributed by atoms with van der Waals surface area (Å²) in [7, 11) is 0. The van der Waals surface area contributed by atoms with Crippen LogP contribution in [0.1, 0.15) is 24.8 Å². The molecule has 2 nitrogen and oxygen atoms in total. The van der Waals surface area contributed by atoms with Gasteiger partial charge in [-0.1, -0.05) is 6.07 Å². The van der Waals surface area contributed by atoms with Crippen molar-refractivity contribution in [2.45, 2.75) is 24.7 Å². The highest BCUT2D eigenvalue weighted by molar-refractivity contribution is 6.18. The molecule has 0 unspecified atom stereocenters. The fourth-order valence-electron chi connectivity index (χ4n) is 3.67. The molecule has 84 valence electrons. The van der Waals surface area contributed by atoms with Crippen molar-refractivity contribution in [3.63, 3.8) is 0 Å². The van der Waals surface area contributed by atoms with Crippen LogP contribution in [0.15, 0.2) is 18.2 Å². The molecule has 0 aromatic heterocycles. The third kappa shape index (κ3) is 0.945. The first-order chi connectivity index (χ1) is 7.75. The summed E-state index contributed by atoms with van der Waals surface area (Å²) in [6, 6.07) is 6.37. The van der Waals surface area contributed by atoms with E-state index in [1.54, 1.807) is 0 Å². The zero-order valence-corrected chi connectivity index (χ0v) is 9.72. The Morgan fingerprint density at radius 2 is 1.88 bits per heavy atom. The zero-order valence-electron chi connectivity index (χ0n) is 8.96. The molecule has 1 heterocycles. The number of hydrogen-bond donors (Lipinski definition) is 0. The third-order valence-corrected chi connectivity index (χ3v) is 4.98. The molecule has 16 heavy (non-hydrogen) atoms. The molecule has 1 aliphatic heterocycles. The molecule has 0 radical (unpaired) electrons. The van der Waals surface area contributed by atoms with Gasteiger partial charge in [0.1, 0.15) is 0 Å². The Balaban J connectivity index is 1.66. The van der Waals surface area contributed by atoms with Crippen molar-refractivity contribution in [2.24, 2.45) is 5.41 Å². The second kappa shape index (κ2) is 2.67. The maximum Gasteiger partial charge on any atom is 0.231 e. The second-order valence-electron chi connectivity index (χ2n) is 5.51. The maximum absolute atomic E-state index is 5.98. The van der Waals surface area contributed by atoms with Crippen molar-refractivity contribution in [2.75, 3.05) is 12.7 Å². The van der Waals surface area contributed by atoms with Gasteiger partial charge in [-0.3, -0.25) is 0 Å². The predicted molar refractivity (Wildman–Crippen MR) is 61.2 cm³/mol. The number of alkyl halides is 1. The van der Waals surface area contributed by atoms with Crippen LogP contribution >= 0.6 is 11.6 Å². The molecule has 3 aliphatic carbocycles. The average Bonchev–Trinajstić information content (AvgIpc) is 2.61. The summed E-state index contributed by atoms with van der Waals surface area (Å²) in [5, 5.41) is 0. The van der Waals surface area contributed by atoms with Crippen molar-refractivity contribution < 1.29 is 9.47 Å². The summed E-state index contributed by atoms with van der Waals surface area (Å²) >= 11 is 5.98. The van der Waals surface area contributed by atoms with Gasteiger partial charge < -0.3 is 9.47 Å². The lowest BCUT2D eigenvalue weighted by molar-refractivity contribution is -0.122. The average molecular weight is 237 g/mol. The largest absolute Gasteiger partial charge is 0.454 e. The fraction of sp³-hybridized carbons (Fsp3) is 0.538. The molecule has 1 aromatic rings. The van der Waals surface area contributed by atoms with Crippen molar-refractivity contribution in [1.82, 2.24) is 0 Å². The number of benzene rings is 1. The second-order valence-corrected chi connectivity index (χ2v) is 5.78. The molecule has 0 atom stereocenters. The number of hydrogen-bond acceptors (Lipinski definition) is 2. The van der Waals surface area contributed by atoms with Crippen LogP contribution in [-0.4, -0.2) is 12.7 Å². The van der Waals surface area contributed by atoms with Crippen molar-refractivity contribution in [3.05, 3.63) is 23.8 Å². The van der Waals surface area contributed by atoms with Gasteiger partial charge in [-0.25, -0.2) is 0 Å². The first-order valence-electron chi connectivity index (χ1n) is 5.72. The molecular weight excluding hydrogens is 224 g/mol. The van der Waals surface area contributed by atoms with E-state index in [9.17, 15) is 0 Å². The summed E-state index contributed by atoms with van der Waals surface area (Å²) in [6.45, 7) is 0.359. The molecule has 4 aliphatic rings. The summed E-state index contributed by atoms with van der Waals surface area (Å²) in [6.07, 6.45) is 3.76. The van der Waals surface area contributed by atoms with Crippen molar-refractivity contribution in [3.8, 4) is 11.5 Å². The summed E-state index contributed by atoms with van der Waals surface area (Å²) in [5.41, 5.74) is 2.29. The maximum atomic E-state index is 5.98. The van der Waals surface area contributed by atoms with Crippen molar-refractivity contribution >= 4 is 11.6 Å². The minimum Gasteiger partial charge on any atom is -0.454 e. The SMILES string of the molecule is ClCC12CC(c3ccc4c(c3)OCO4)(C1)C2. The Morgan fingerprint density at radius 1 is 1.12 bits per heavy atom. The van der Waals surface area contributed by atoms with E-state index in [2.05, 4.69) is 12.1 Å². The van der Waals surface area contributed by atoms with Gasteiger partial charge in [-0.2, -0.15) is 0 Å². The molecular formula is C13H13ClO2. The van der Waals surface area contributed by atoms with Crippen molar-refractivity contribution in [1.29, 1.82) is 0 Å². The van der Waals surface area contributed by atoms with Crippen LogP contribution in [0.25, 0.3) is 0 Å². The van der Waals surface area contributed by atoms with Gasteiger partial charge >= 0.3 is 0 Å². The highest BCUT2D eigenvalue weighted by Gasteiger charge is 2.67. The summed E-state index contributed by atoms with van der Waals surface area (Å²) in [4.78, 5) is 0. The van der Waals surface area contributed by atoms with E-state index in [1.807, 2.05) is 6.07 Å². The minimum absolute atomic E-state index is 0.359. The molecule has 0 spiro atoms. The topological polar surface area (TPSA) is 18.5 Å². The Labute approximate surface area is 99.5 Å². The molecule has 2 bridgehead atoms. The van der Waals surface area contributed by atoms with Crippen LogP contribution in [0.4, 0.5) is 0 Å². The van der Waals surface area contributed by atoms with E-state index in [0.29, 0.717) is 17.6 Å². The third-order valence-electron chi connectivity index (χ3n) is 4.41. The Morgan fingerprint density at radius 3 is 2.62 bits per heavy atom. The van der Waals surface area contributed by atoms with Crippen LogP contribution in [0, 0.1) is 5.41 Å². The van der Waals surface area contributed by atoms with E-state index in [4.69, 9.17) is 21.1 Å². The fourth-order valence-corrected chi connectivity index (χ4v) is 3.96. The first-order valence-corrected chi connectivity index (χ1v) is 6.25. The number of rotatable bonds is 2. The van der Waals surface area contributed by atoms with E-state index in [1.165, 1.54) is 24.8 Å². The lowest BCUT2D eigenvalue weighted by Gasteiger charge is -2.70. The Bertz CT molecular complexity index is 449. The molecule has 0 saturated heterocycles. The Kier molecular flexibility index (Phi) is 1.53. The highest BCUT2D eigenvalue weighted by Crippen LogP contribution is 2.74. The van der Waals surface area contributed by atoms with Gasteiger partial charge in [-0.05, 0) is 47.8 Å². The number of fused-ring (bicyclic) bond motifs is 1. The van der Waals surface area contributed by atoms with Crippen LogP contribution < -0.4 is 9.47 Å². The van der Waals surface area contributed by atoms with Crippen LogP contribution in [-0.2, 0) is 5.41 Å². The molecule has 3 saturated carbocycles. The van der Waals surface area contributed by atoms with Crippen LogP contribution in [0.5, 0.6) is 11.5 Å². The van der Waals surface area contributed by atoms with Crippen LogP contribution in [0.3, 0.4) is 0 Å². The van der Waals surface area contributed by atoms with Crippen LogP contribution in [0.2, 0.25) is 0 Å². The monoisotopic (exact) mass is 236 g/mol. The number of ether oxygens (including phenoxy) is 2. The van der Waals surface area contributed by atoms with E-state index >= 15 is 0 Å². The molecule has 5 rings (SSSR count). The molecule has 0 amide bonds. The van der Waals surface area contributed by atoms with E-state index in [0.717, 1.165) is 17.4 Å². The molecule has 3 fully saturated rings. The van der Waals surface area contributed by atoms with Gasteiger partial charge in [0.2, 0.25) is 6.79 Å². The highest BCUT2D eigenvalue weighted by atomic mass is 35.5. The van der Waals surface area contributed by atoms with Gasteiger partial charge in [0.25, 0.3) is 0 Å². The minimum atomic E-state index is 0.359. The van der Waals surface area contributed by atoms with E-state index in [-0.39, 0.29) is 0 Å². The molecule has 3 heteroatoms. The Hall–Kier alpha value is -0.890. The smallest absolute Gasteiger partial charge is 0.231 e. The predicted octanol–water partition coefficient (Wildman–Crippen LogP) is 3.08. The number of halogens is 1. The van der Waals surface area contributed by atoms with Gasteiger partial charge in [0.05, 0.1) is 0 Å². The lowest BCUT2D eigenvalue weighted by Crippen LogP contribution is -2.65.